The lowest BCUT2D eigenvalue weighted by molar-refractivity contribution is 0.540. The summed E-state index contributed by atoms with van der Waals surface area (Å²) in [6.07, 6.45) is 5.42. The second-order valence-corrected chi connectivity index (χ2v) is 4.15. The molecule has 0 aromatic heterocycles. The minimum atomic E-state index is -0.00448. The van der Waals surface area contributed by atoms with E-state index in [1.165, 1.54) is 0 Å². The van der Waals surface area contributed by atoms with E-state index >= 15 is 0 Å². The summed E-state index contributed by atoms with van der Waals surface area (Å²) >= 11 is 4.08. The third-order valence-electron chi connectivity index (χ3n) is 2.32. The average Bonchev–Trinajstić information content (AvgIpc) is 2.23. The van der Waals surface area contributed by atoms with Crippen LogP contribution in [0.5, 0.6) is 0 Å². The standard InChI is InChI=1S/C10H22N4S/c11-6-3-1-2-4-10(14-13)8-9(12)5-7-15/h10,12-13,15H,1-8,11H2. The SMILES string of the molecule is N=NC(CCCCCN)CC(=N)CCS. The fourth-order valence-electron chi connectivity index (χ4n) is 1.43. The van der Waals surface area contributed by atoms with Crippen LogP contribution >= 0.6 is 12.6 Å². The number of hydrogen-bond donors (Lipinski definition) is 4. The van der Waals surface area contributed by atoms with Crippen LogP contribution in [0.1, 0.15) is 38.5 Å². The van der Waals surface area contributed by atoms with Gasteiger partial charge >= 0.3 is 0 Å². The number of rotatable bonds is 10. The van der Waals surface area contributed by atoms with Gasteiger partial charge in [-0.15, -0.1) is 0 Å². The molecule has 1 atom stereocenters. The second kappa shape index (κ2) is 10.1. The van der Waals surface area contributed by atoms with Crippen LogP contribution in [0.15, 0.2) is 5.11 Å². The monoisotopic (exact) mass is 230 g/mol. The topological polar surface area (TPSA) is 86.1 Å². The highest BCUT2D eigenvalue weighted by Crippen LogP contribution is 2.11. The first-order chi connectivity index (χ1) is 7.24. The summed E-state index contributed by atoms with van der Waals surface area (Å²) in [5, 5.41) is 11.2. The van der Waals surface area contributed by atoms with Crippen molar-refractivity contribution in [1.82, 2.24) is 0 Å². The summed E-state index contributed by atoms with van der Waals surface area (Å²) in [6, 6.07) is -0.00448. The van der Waals surface area contributed by atoms with Crippen molar-refractivity contribution in [3.63, 3.8) is 0 Å². The maximum absolute atomic E-state index is 7.63. The van der Waals surface area contributed by atoms with Crippen LogP contribution in [-0.2, 0) is 0 Å². The summed E-state index contributed by atoms with van der Waals surface area (Å²) in [4.78, 5) is 0. The van der Waals surface area contributed by atoms with Crippen molar-refractivity contribution in [1.29, 1.82) is 10.9 Å². The molecular weight excluding hydrogens is 208 g/mol. The highest BCUT2D eigenvalue weighted by molar-refractivity contribution is 7.80. The van der Waals surface area contributed by atoms with E-state index < -0.39 is 0 Å². The van der Waals surface area contributed by atoms with E-state index in [1.807, 2.05) is 0 Å². The minimum Gasteiger partial charge on any atom is -0.330 e. The smallest absolute Gasteiger partial charge is 0.0757 e. The predicted octanol–water partition coefficient (Wildman–Crippen LogP) is 2.63. The number of nitrogens with two attached hydrogens (primary N) is 1. The molecule has 0 heterocycles. The predicted molar refractivity (Wildman–Crippen MR) is 67.3 cm³/mol. The van der Waals surface area contributed by atoms with E-state index in [-0.39, 0.29) is 6.04 Å². The molecule has 0 saturated carbocycles. The van der Waals surface area contributed by atoms with Gasteiger partial charge in [-0.2, -0.15) is 17.7 Å². The van der Waals surface area contributed by atoms with Gasteiger partial charge in [0.2, 0.25) is 0 Å². The van der Waals surface area contributed by atoms with Gasteiger partial charge in [-0.3, -0.25) is 0 Å². The summed E-state index contributed by atoms with van der Waals surface area (Å²) < 4.78 is 0. The first-order valence-electron chi connectivity index (χ1n) is 5.48. The summed E-state index contributed by atoms with van der Waals surface area (Å²) in [5.41, 5.74) is 13.1. The first-order valence-corrected chi connectivity index (χ1v) is 6.11. The first kappa shape index (κ1) is 14.6. The van der Waals surface area contributed by atoms with Crippen molar-refractivity contribution in [2.75, 3.05) is 12.3 Å². The molecule has 88 valence electrons. The van der Waals surface area contributed by atoms with Gasteiger partial charge in [0.15, 0.2) is 0 Å². The van der Waals surface area contributed by atoms with Crippen molar-refractivity contribution in [2.24, 2.45) is 10.8 Å². The molecule has 0 aromatic rings. The van der Waals surface area contributed by atoms with Crippen LogP contribution in [0, 0.1) is 10.9 Å². The Balaban J connectivity index is 3.63. The number of thiol groups is 1. The Morgan fingerprint density at radius 1 is 1.33 bits per heavy atom. The summed E-state index contributed by atoms with van der Waals surface area (Å²) in [6.45, 7) is 0.734. The van der Waals surface area contributed by atoms with Gasteiger partial charge in [-0.1, -0.05) is 12.8 Å². The normalized spacial score (nSPS) is 12.4. The van der Waals surface area contributed by atoms with Crippen LogP contribution in [0.4, 0.5) is 0 Å². The molecule has 4 nitrogen and oxygen atoms in total. The van der Waals surface area contributed by atoms with Gasteiger partial charge in [0, 0.05) is 12.1 Å². The lowest BCUT2D eigenvalue weighted by Gasteiger charge is -2.10. The van der Waals surface area contributed by atoms with Crippen molar-refractivity contribution in [3.05, 3.63) is 0 Å². The lowest BCUT2D eigenvalue weighted by Crippen LogP contribution is -2.11. The highest BCUT2D eigenvalue weighted by atomic mass is 32.1. The Bertz CT molecular complexity index is 184. The van der Waals surface area contributed by atoms with Gasteiger partial charge in [-0.05, 0) is 31.6 Å². The molecule has 0 aliphatic heterocycles. The molecule has 1 unspecified atom stereocenters. The fraction of sp³-hybridized carbons (Fsp3) is 0.900. The summed E-state index contributed by atoms with van der Waals surface area (Å²) in [7, 11) is 0. The Kier molecular flexibility index (Phi) is 9.83. The van der Waals surface area contributed by atoms with Crippen molar-refractivity contribution in [2.45, 2.75) is 44.6 Å². The third kappa shape index (κ3) is 8.57. The molecule has 0 saturated heterocycles. The molecular formula is C10H22N4S. The molecule has 0 radical (unpaired) electrons. The average molecular weight is 230 g/mol. The highest BCUT2D eigenvalue weighted by Gasteiger charge is 2.09. The van der Waals surface area contributed by atoms with Crippen molar-refractivity contribution in [3.8, 4) is 0 Å². The van der Waals surface area contributed by atoms with Crippen LogP contribution in [-0.4, -0.2) is 24.1 Å². The quantitative estimate of drug-likeness (QED) is 0.198. The molecule has 0 rings (SSSR count). The van der Waals surface area contributed by atoms with Gasteiger partial charge in [0.25, 0.3) is 0 Å². The molecule has 0 aromatic carbocycles. The molecule has 15 heavy (non-hydrogen) atoms. The maximum Gasteiger partial charge on any atom is 0.0757 e. The number of unbranched alkanes of at least 4 members (excludes halogenated alkanes) is 2. The Hall–Kier alpha value is -0.420. The van der Waals surface area contributed by atoms with Crippen molar-refractivity contribution >= 4 is 18.3 Å². The van der Waals surface area contributed by atoms with Crippen LogP contribution in [0.2, 0.25) is 0 Å². The Labute approximate surface area is 97.4 Å². The number of hydrogen-bond acceptors (Lipinski definition) is 5. The van der Waals surface area contributed by atoms with E-state index in [1.54, 1.807) is 0 Å². The molecule has 4 N–H and O–H groups in total. The van der Waals surface area contributed by atoms with Crippen molar-refractivity contribution < 1.29 is 0 Å². The van der Waals surface area contributed by atoms with Gasteiger partial charge in [0.05, 0.1) is 6.04 Å². The molecule has 0 fully saturated rings. The molecule has 0 aliphatic carbocycles. The zero-order valence-corrected chi connectivity index (χ0v) is 10.1. The third-order valence-corrected chi connectivity index (χ3v) is 2.54. The van der Waals surface area contributed by atoms with Crippen LogP contribution in [0.25, 0.3) is 0 Å². The molecule has 0 amide bonds. The van der Waals surface area contributed by atoms with Crippen LogP contribution in [0.3, 0.4) is 0 Å². The maximum atomic E-state index is 7.63. The molecule has 0 spiro atoms. The largest absolute Gasteiger partial charge is 0.330 e. The van der Waals surface area contributed by atoms with Crippen LogP contribution < -0.4 is 5.73 Å². The van der Waals surface area contributed by atoms with E-state index in [2.05, 4.69) is 17.7 Å². The second-order valence-electron chi connectivity index (χ2n) is 3.70. The minimum absolute atomic E-state index is 0.00448. The van der Waals surface area contributed by atoms with E-state index in [0.29, 0.717) is 24.3 Å². The Morgan fingerprint density at radius 3 is 2.60 bits per heavy atom. The zero-order chi connectivity index (χ0) is 11.5. The van der Waals surface area contributed by atoms with E-state index in [9.17, 15) is 0 Å². The zero-order valence-electron chi connectivity index (χ0n) is 9.21. The van der Waals surface area contributed by atoms with Gasteiger partial charge in [0.1, 0.15) is 0 Å². The van der Waals surface area contributed by atoms with Gasteiger partial charge < -0.3 is 11.1 Å². The number of nitrogens with one attached hydrogen (secondary N) is 2. The fourth-order valence-corrected chi connectivity index (χ4v) is 1.70. The van der Waals surface area contributed by atoms with Gasteiger partial charge in [-0.25, -0.2) is 5.53 Å². The summed E-state index contributed by atoms with van der Waals surface area (Å²) in [5.74, 6) is 0.705. The molecule has 0 bridgehead atoms. The molecule has 5 heteroatoms. The Morgan fingerprint density at radius 2 is 2.07 bits per heavy atom. The van der Waals surface area contributed by atoms with E-state index in [4.69, 9.17) is 16.7 Å². The lowest BCUT2D eigenvalue weighted by atomic mass is 10.0. The number of nitrogens with zero attached hydrogens (tertiary/aromatic N) is 1. The molecule has 0 aliphatic rings. The van der Waals surface area contributed by atoms with E-state index in [0.717, 1.165) is 32.2 Å².